The van der Waals surface area contributed by atoms with E-state index in [9.17, 15) is 19.2 Å². The first-order valence-corrected chi connectivity index (χ1v) is 16.0. The molecule has 3 rings (SSSR count). The highest BCUT2D eigenvalue weighted by molar-refractivity contribution is 5.90. The van der Waals surface area contributed by atoms with E-state index in [2.05, 4.69) is 11.9 Å². The molecule has 0 aliphatic rings. The predicted octanol–water partition coefficient (Wildman–Crippen LogP) is 6.13. The fourth-order valence-corrected chi connectivity index (χ4v) is 4.89. The van der Waals surface area contributed by atoms with Crippen LogP contribution in [0.15, 0.2) is 97.6 Å². The maximum absolute atomic E-state index is 14.6. The van der Waals surface area contributed by atoms with Gasteiger partial charge in [-0.2, -0.15) is 0 Å². The van der Waals surface area contributed by atoms with E-state index in [1.54, 1.807) is 45.0 Å². The minimum Gasteiger partial charge on any atom is -0.494 e. The number of benzene rings is 3. The zero-order chi connectivity index (χ0) is 34.9. The number of amides is 2. The van der Waals surface area contributed by atoms with Gasteiger partial charge in [0, 0.05) is 25.8 Å². The molecule has 0 spiro atoms. The number of hydrogen-bond acceptors (Lipinski definition) is 7. The topological polar surface area (TPSA) is 131 Å². The average Bonchev–Trinajstić information content (AvgIpc) is 3.05. The van der Waals surface area contributed by atoms with Gasteiger partial charge in [-0.25, -0.2) is 9.59 Å². The second-order valence-corrected chi connectivity index (χ2v) is 12.3. The number of rotatable bonds is 18. The average molecular weight is 659 g/mol. The van der Waals surface area contributed by atoms with Gasteiger partial charge in [0.1, 0.15) is 30.0 Å². The summed E-state index contributed by atoms with van der Waals surface area (Å²) in [6, 6.07) is 23.6. The van der Waals surface area contributed by atoms with Crippen LogP contribution in [-0.2, 0) is 43.2 Å². The van der Waals surface area contributed by atoms with Crippen molar-refractivity contribution in [2.45, 2.75) is 77.1 Å². The molecule has 256 valence electrons. The SMILES string of the molecule is C=CCOC(=O)[C@H](Cc1ccccc1)N(Cc1ccc(OCCCCC(=O)O)cc1)C(=O)[C@H](Cc1ccccc1)NC(=O)OC(C)(C)C. The minimum atomic E-state index is -1.07. The summed E-state index contributed by atoms with van der Waals surface area (Å²) < 4.78 is 16.8. The standard InChI is InChI=1S/C38H46N2O8/c1-5-23-47-36(44)33(26-29-16-10-7-11-17-29)40(27-30-19-21-31(22-20-30)46-24-13-12-18-34(41)42)35(43)32(25-28-14-8-6-9-15-28)39-37(45)48-38(2,3)4/h5-11,14-17,19-22,32-33H,1,12-13,18,23-27H2,2-4H3,(H,39,45)(H,41,42)/t32-,33-/m0/s1. The van der Waals surface area contributed by atoms with Crippen LogP contribution < -0.4 is 10.1 Å². The second kappa shape index (κ2) is 18.9. The number of ether oxygens (including phenoxy) is 3. The third kappa shape index (κ3) is 13.3. The molecule has 0 aliphatic heterocycles. The summed E-state index contributed by atoms with van der Waals surface area (Å²) in [5.41, 5.74) is 1.55. The maximum atomic E-state index is 14.6. The van der Waals surface area contributed by atoms with Crippen LogP contribution in [-0.4, -0.2) is 64.8 Å². The Morgan fingerprint density at radius 3 is 2.02 bits per heavy atom. The van der Waals surface area contributed by atoms with Crippen LogP contribution in [0.25, 0.3) is 0 Å². The summed E-state index contributed by atoms with van der Waals surface area (Å²) in [5.74, 6) is -1.35. The Morgan fingerprint density at radius 2 is 1.46 bits per heavy atom. The van der Waals surface area contributed by atoms with Crippen molar-refractivity contribution in [3.05, 3.63) is 114 Å². The number of carboxylic acid groups (broad SMARTS) is 1. The summed E-state index contributed by atoms with van der Waals surface area (Å²) in [6.45, 7) is 9.22. The molecule has 3 aromatic carbocycles. The summed E-state index contributed by atoms with van der Waals surface area (Å²) >= 11 is 0. The molecule has 0 fully saturated rings. The predicted molar refractivity (Wildman–Crippen MR) is 182 cm³/mol. The summed E-state index contributed by atoms with van der Waals surface area (Å²) in [6.07, 6.45) is 2.23. The molecule has 10 nitrogen and oxygen atoms in total. The number of aliphatic carboxylic acids is 1. The van der Waals surface area contributed by atoms with Crippen molar-refractivity contribution in [1.29, 1.82) is 0 Å². The van der Waals surface area contributed by atoms with Gasteiger partial charge in [-0.1, -0.05) is 85.5 Å². The van der Waals surface area contributed by atoms with Crippen LogP contribution in [0.4, 0.5) is 4.79 Å². The lowest BCUT2D eigenvalue weighted by Crippen LogP contribution is -2.55. The van der Waals surface area contributed by atoms with Crippen LogP contribution in [0.2, 0.25) is 0 Å². The van der Waals surface area contributed by atoms with E-state index in [4.69, 9.17) is 19.3 Å². The molecule has 3 aromatic rings. The van der Waals surface area contributed by atoms with E-state index >= 15 is 0 Å². The molecule has 0 aliphatic carbocycles. The Bertz CT molecular complexity index is 1470. The Balaban J connectivity index is 1.97. The number of carbonyl (C=O) groups is 4. The van der Waals surface area contributed by atoms with Gasteiger partial charge in [0.25, 0.3) is 0 Å². The quantitative estimate of drug-likeness (QED) is 0.0949. The highest BCUT2D eigenvalue weighted by Crippen LogP contribution is 2.21. The monoisotopic (exact) mass is 658 g/mol. The smallest absolute Gasteiger partial charge is 0.408 e. The van der Waals surface area contributed by atoms with Gasteiger partial charge in [-0.05, 0) is 62.4 Å². The first-order chi connectivity index (χ1) is 22.9. The van der Waals surface area contributed by atoms with E-state index < -0.39 is 41.6 Å². The summed E-state index contributed by atoms with van der Waals surface area (Å²) in [4.78, 5) is 53.6. The van der Waals surface area contributed by atoms with E-state index in [0.717, 1.165) is 11.1 Å². The Hall–Kier alpha value is -5.12. The number of alkyl carbamates (subject to hydrolysis) is 1. The van der Waals surface area contributed by atoms with Crippen molar-refractivity contribution in [3.63, 3.8) is 0 Å². The van der Waals surface area contributed by atoms with E-state index in [0.29, 0.717) is 30.8 Å². The highest BCUT2D eigenvalue weighted by Gasteiger charge is 2.36. The molecule has 2 atom stereocenters. The van der Waals surface area contributed by atoms with Crippen molar-refractivity contribution < 1.29 is 38.5 Å². The normalized spacial score (nSPS) is 12.2. The number of nitrogens with one attached hydrogen (secondary N) is 1. The van der Waals surface area contributed by atoms with Crippen LogP contribution in [0, 0.1) is 0 Å². The molecule has 0 saturated carbocycles. The lowest BCUT2D eigenvalue weighted by Gasteiger charge is -2.34. The molecule has 0 saturated heterocycles. The van der Waals surface area contributed by atoms with Crippen molar-refractivity contribution in [3.8, 4) is 5.75 Å². The zero-order valence-corrected chi connectivity index (χ0v) is 27.9. The molecule has 48 heavy (non-hydrogen) atoms. The van der Waals surface area contributed by atoms with E-state index in [1.807, 2.05) is 60.7 Å². The van der Waals surface area contributed by atoms with Gasteiger partial charge in [0.2, 0.25) is 5.91 Å². The minimum absolute atomic E-state index is 0.0275. The Labute approximate surface area is 282 Å². The lowest BCUT2D eigenvalue weighted by atomic mass is 10.00. The van der Waals surface area contributed by atoms with Gasteiger partial charge < -0.3 is 29.5 Å². The molecule has 0 heterocycles. The number of hydrogen-bond donors (Lipinski definition) is 2. The fourth-order valence-electron chi connectivity index (χ4n) is 4.89. The zero-order valence-electron chi connectivity index (χ0n) is 27.9. The first-order valence-electron chi connectivity index (χ1n) is 16.0. The molecular weight excluding hydrogens is 612 g/mol. The van der Waals surface area contributed by atoms with Crippen LogP contribution in [0.3, 0.4) is 0 Å². The van der Waals surface area contributed by atoms with Crippen molar-refractivity contribution >= 4 is 23.9 Å². The van der Waals surface area contributed by atoms with Gasteiger partial charge in [0.15, 0.2) is 0 Å². The van der Waals surface area contributed by atoms with Crippen LogP contribution >= 0.6 is 0 Å². The van der Waals surface area contributed by atoms with Crippen molar-refractivity contribution in [2.24, 2.45) is 0 Å². The molecular formula is C38H46N2O8. The molecule has 0 radical (unpaired) electrons. The van der Waals surface area contributed by atoms with Gasteiger partial charge in [0.05, 0.1) is 6.61 Å². The second-order valence-electron chi connectivity index (χ2n) is 12.3. The fraction of sp³-hybridized carbons (Fsp3) is 0.368. The molecule has 0 aromatic heterocycles. The van der Waals surface area contributed by atoms with Crippen LogP contribution in [0.5, 0.6) is 5.75 Å². The Kier molecular flexibility index (Phi) is 14.7. The lowest BCUT2D eigenvalue weighted by molar-refractivity contribution is -0.155. The first kappa shape index (κ1) is 37.3. The largest absolute Gasteiger partial charge is 0.494 e. The van der Waals surface area contributed by atoms with E-state index in [-0.39, 0.29) is 32.4 Å². The molecule has 0 unspecified atom stereocenters. The number of esters is 1. The van der Waals surface area contributed by atoms with Gasteiger partial charge >= 0.3 is 18.0 Å². The third-order valence-corrected chi connectivity index (χ3v) is 7.15. The Morgan fingerprint density at radius 1 is 0.854 bits per heavy atom. The van der Waals surface area contributed by atoms with Gasteiger partial charge in [-0.3, -0.25) is 9.59 Å². The molecule has 10 heteroatoms. The maximum Gasteiger partial charge on any atom is 0.408 e. The van der Waals surface area contributed by atoms with Gasteiger partial charge in [-0.15, -0.1) is 0 Å². The van der Waals surface area contributed by atoms with Crippen LogP contribution in [0.1, 0.15) is 56.7 Å². The third-order valence-electron chi connectivity index (χ3n) is 7.15. The number of nitrogens with zero attached hydrogens (tertiary/aromatic N) is 1. The number of carbonyl (C=O) groups excluding carboxylic acids is 3. The molecule has 0 bridgehead atoms. The summed E-state index contributed by atoms with van der Waals surface area (Å²) in [5, 5.41) is 11.6. The van der Waals surface area contributed by atoms with Crippen molar-refractivity contribution in [1.82, 2.24) is 10.2 Å². The summed E-state index contributed by atoms with van der Waals surface area (Å²) in [7, 11) is 0. The number of unbranched alkanes of at least 4 members (excludes halogenated alkanes) is 1. The molecule has 2 N–H and O–H groups in total. The van der Waals surface area contributed by atoms with Crippen molar-refractivity contribution in [2.75, 3.05) is 13.2 Å². The highest BCUT2D eigenvalue weighted by atomic mass is 16.6. The molecule has 2 amide bonds. The number of carboxylic acids is 1. The van der Waals surface area contributed by atoms with E-state index in [1.165, 1.54) is 11.0 Å².